The Morgan fingerprint density at radius 2 is 2.08 bits per heavy atom. The average Bonchev–Trinajstić information content (AvgIpc) is 2.09. The second-order valence-corrected chi connectivity index (χ2v) is 4.24. The quantitative estimate of drug-likeness (QED) is 0.766. The minimum absolute atomic E-state index is 0.506. The van der Waals surface area contributed by atoms with Crippen LogP contribution in [0.15, 0.2) is 22.7 Å². The van der Waals surface area contributed by atoms with Crippen LogP contribution in [-0.4, -0.2) is 0 Å². The third kappa shape index (κ3) is 1.84. The van der Waals surface area contributed by atoms with E-state index < -0.39 is 5.41 Å². The normalized spacial score (nSPS) is 10.9. The lowest BCUT2D eigenvalue weighted by molar-refractivity contribution is 0.683. The van der Waals surface area contributed by atoms with E-state index in [4.69, 9.17) is 11.0 Å². The van der Waals surface area contributed by atoms with Gasteiger partial charge in [-0.25, -0.2) is 0 Å². The Labute approximate surface area is 86.5 Å². The van der Waals surface area contributed by atoms with Crippen molar-refractivity contribution in [1.29, 1.82) is 5.26 Å². The lowest BCUT2D eigenvalue weighted by atomic mass is 9.86. The molecule has 0 heterocycles. The first-order valence-electron chi connectivity index (χ1n) is 3.95. The van der Waals surface area contributed by atoms with E-state index in [0.717, 1.165) is 10.0 Å². The van der Waals surface area contributed by atoms with Crippen LogP contribution >= 0.6 is 15.9 Å². The third-order valence-corrected chi connectivity index (χ3v) is 2.87. The first-order valence-corrected chi connectivity index (χ1v) is 4.74. The highest BCUT2D eigenvalue weighted by Crippen LogP contribution is 2.32. The SMILES string of the molecule is CC(C)(C#N)c1cccc(N)c1Br. The molecule has 68 valence electrons. The Morgan fingerprint density at radius 1 is 1.46 bits per heavy atom. The zero-order valence-corrected chi connectivity index (χ0v) is 9.22. The van der Waals surface area contributed by atoms with Gasteiger partial charge in [0, 0.05) is 10.2 Å². The maximum absolute atomic E-state index is 8.95. The van der Waals surface area contributed by atoms with Crippen LogP contribution in [0.1, 0.15) is 19.4 Å². The summed E-state index contributed by atoms with van der Waals surface area (Å²) in [5.74, 6) is 0. The molecule has 0 amide bonds. The molecule has 0 fully saturated rings. The van der Waals surface area contributed by atoms with Crippen molar-refractivity contribution in [1.82, 2.24) is 0 Å². The second-order valence-electron chi connectivity index (χ2n) is 3.45. The van der Waals surface area contributed by atoms with E-state index in [9.17, 15) is 0 Å². The molecule has 1 aromatic rings. The molecule has 0 unspecified atom stereocenters. The number of halogens is 1. The first-order chi connectivity index (χ1) is 5.99. The number of nitrogen functional groups attached to an aromatic ring is 1. The Balaban J connectivity index is 3.33. The van der Waals surface area contributed by atoms with E-state index in [0.29, 0.717) is 5.69 Å². The van der Waals surface area contributed by atoms with Gasteiger partial charge in [0.1, 0.15) is 0 Å². The molecule has 2 N–H and O–H groups in total. The summed E-state index contributed by atoms with van der Waals surface area (Å²) in [7, 11) is 0. The van der Waals surface area contributed by atoms with E-state index in [1.165, 1.54) is 0 Å². The van der Waals surface area contributed by atoms with E-state index in [1.807, 2.05) is 26.0 Å². The molecular formula is C10H11BrN2. The van der Waals surface area contributed by atoms with Crippen molar-refractivity contribution in [3.05, 3.63) is 28.2 Å². The van der Waals surface area contributed by atoms with Gasteiger partial charge in [-0.2, -0.15) is 5.26 Å². The highest BCUT2D eigenvalue weighted by molar-refractivity contribution is 9.10. The predicted octanol–water partition coefficient (Wildman–Crippen LogP) is 2.83. The van der Waals surface area contributed by atoms with Crippen molar-refractivity contribution in [2.45, 2.75) is 19.3 Å². The maximum Gasteiger partial charge on any atom is 0.0777 e. The van der Waals surface area contributed by atoms with E-state index in [-0.39, 0.29) is 0 Å². The summed E-state index contributed by atoms with van der Waals surface area (Å²) in [5, 5.41) is 8.95. The van der Waals surface area contributed by atoms with Crippen LogP contribution in [0, 0.1) is 11.3 Å². The molecule has 0 aliphatic rings. The molecule has 1 rings (SSSR count). The van der Waals surface area contributed by atoms with Crippen molar-refractivity contribution >= 4 is 21.6 Å². The zero-order chi connectivity index (χ0) is 10.1. The van der Waals surface area contributed by atoms with Crippen molar-refractivity contribution < 1.29 is 0 Å². The van der Waals surface area contributed by atoms with Gasteiger partial charge in [-0.15, -0.1) is 0 Å². The number of hydrogen-bond acceptors (Lipinski definition) is 2. The molecule has 13 heavy (non-hydrogen) atoms. The molecule has 2 nitrogen and oxygen atoms in total. The molecule has 0 radical (unpaired) electrons. The van der Waals surface area contributed by atoms with Crippen LogP contribution in [0.4, 0.5) is 5.69 Å². The number of hydrogen-bond donors (Lipinski definition) is 1. The van der Waals surface area contributed by atoms with Gasteiger partial charge in [0.15, 0.2) is 0 Å². The smallest absolute Gasteiger partial charge is 0.0777 e. The average molecular weight is 239 g/mol. The Bertz CT molecular complexity index is 364. The molecule has 3 heteroatoms. The van der Waals surface area contributed by atoms with Gasteiger partial charge < -0.3 is 5.73 Å². The van der Waals surface area contributed by atoms with Gasteiger partial charge in [-0.1, -0.05) is 12.1 Å². The second kappa shape index (κ2) is 3.39. The lowest BCUT2D eigenvalue weighted by Gasteiger charge is -2.18. The summed E-state index contributed by atoms with van der Waals surface area (Å²) in [4.78, 5) is 0. The number of nitrogens with two attached hydrogens (primary N) is 1. The largest absolute Gasteiger partial charge is 0.398 e. The van der Waals surface area contributed by atoms with Crippen molar-refractivity contribution in [2.75, 3.05) is 5.73 Å². The van der Waals surface area contributed by atoms with Gasteiger partial charge in [-0.05, 0) is 41.4 Å². The van der Waals surface area contributed by atoms with Gasteiger partial charge in [0.05, 0.1) is 11.5 Å². The number of anilines is 1. The molecule has 0 bridgehead atoms. The standard InChI is InChI=1S/C10H11BrN2/c1-10(2,6-12)7-4-3-5-8(13)9(7)11/h3-5H,13H2,1-2H3. The fourth-order valence-corrected chi connectivity index (χ4v) is 1.85. The van der Waals surface area contributed by atoms with Crippen molar-refractivity contribution in [3.63, 3.8) is 0 Å². The summed E-state index contributed by atoms with van der Waals surface area (Å²) in [5.41, 5.74) is 6.80. The number of nitriles is 1. The summed E-state index contributed by atoms with van der Waals surface area (Å²) < 4.78 is 0.821. The van der Waals surface area contributed by atoms with Crippen molar-refractivity contribution in [3.8, 4) is 6.07 Å². The molecule has 1 aromatic carbocycles. The Hall–Kier alpha value is -1.01. The summed E-state index contributed by atoms with van der Waals surface area (Å²) >= 11 is 3.38. The molecule has 0 saturated carbocycles. The predicted molar refractivity (Wildman–Crippen MR) is 57.2 cm³/mol. The minimum Gasteiger partial charge on any atom is -0.398 e. The van der Waals surface area contributed by atoms with Crippen LogP contribution in [-0.2, 0) is 5.41 Å². The van der Waals surface area contributed by atoms with Crippen LogP contribution in [0.2, 0.25) is 0 Å². The van der Waals surface area contributed by atoms with Crippen LogP contribution in [0.5, 0.6) is 0 Å². The van der Waals surface area contributed by atoms with E-state index in [1.54, 1.807) is 6.07 Å². The topological polar surface area (TPSA) is 49.8 Å². The molecule has 0 aliphatic heterocycles. The minimum atomic E-state index is -0.506. The van der Waals surface area contributed by atoms with Crippen LogP contribution < -0.4 is 5.73 Å². The molecule has 0 aliphatic carbocycles. The molecule has 0 spiro atoms. The van der Waals surface area contributed by atoms with E-state index >= 15 is 0 Å². The Kier molecular flexibility index (Phi) is 2.63. The number of benzene rings is 1. The van der Waals surface area contributed by atoms with Gasteiger partial charge in [0.25, 0.3) is 0 Å². The van der Waals surface area contributed by atoms with Crippen molar-refractivity contribution in [2.24, 2.45) is 0 Å². The van der Waals surface area contributed by atoms with Crippen LogP contribution in [0.25, 0.3) is 0 Å². The van der Waals surface area contributed by atoms with E-state index in [2.05, 4.69) is 22.0 Å². The summed E-state index contributed by atoms with van der Waals surface area (Å²) in [6, 6.07) is 7.81. The number of rotatable bonds is 1. The highest BCUT2D eigenvalue weighted by Gasteiger charge is 2.22. The van der Waals surface area contributed by atoms with Gasteiger partial charge >= 0.3 is 0 Å². The molecule has 0 saturated heterocycles. The Morgan fingerprint density at radius 3 is 2.62 bits per heavy atom. The lowest BCUT2D eigenvalue weighted by Crippen LogP contribution is -2.15. The summed E-state index contributed by atoms with van der Waals surface area (Å²) in [6.45, 7) is 3.74. The molecule has 0 aromatic heterocycles. The monoisotopic (exact) mass is 238 g/mol. The zero-order valence-electron chi connectivity index (χ0n) is 7.63. The fourth-order valence-electron chi connectivity index (χ4n) is 1.09. The highest BCUT2D eigenvalue weighted by atomic mass is 79.9. The third-order valence-electron chi connectivity index (χ3n) is 1.98. The maximum atomic E-state index is 8.95. The number of nitrogens with zero attached hydrogens (tertiary/aromatic N) is 1. The first kappa shape index (κ1) is 10.1. The molecular weight excluding hydrogens is 228 g/mol. The molecule has 0 atom stereocenters. The van der Waals surface area contributed by atoms with Crippen LogP contribution in [0.3, 0.4) is 0 Å². The summed E-state index contributed by atoms with van der Waals surface area (Å²) in [6.07, 6.45) is 0. The van der Waals surface area contributed by atoms with Gasteiger partial charge in [-0.3, -0.25) is 0 Å². The fraction of sp³-hybridized carbons (Fsp3) is 0.300. The van der Waals surface area contributed by atoms with Gasteiger partial charge in [0.2, 0.25) is 0 Å².